The van der Waals surface area contributed by atoms with Crippen LogP contribution in [-0.4, -0.2) is 22.4 Å². The summed E-state index contributed by atoms with van der Waals surface area (Å²) >= 11 is 0. The Hall–Kier alpha value is -3.49. The van der Waals surface area contributed by atoms with E-state index in [0.717, 1.165) is 23.8 Å². The molecule has 0 aromatic heterocycles. The fraction of sp³-hybridized carbons (Fsp3) is 0.286. The molecule has 188 valence electrons. The van der Waals surface area contributed by atoms with E-state index in [1.165, 1.54) is 0 Å². The molecule has 2 heterocycles. The van der Waals surface area contributed by atoms with Crippen LogP contribution in [0.4, 0.5) is 13.2 Å². The summed E-state index contributed by atoms with van der Waals surface area (Å²) in [5.41, 5.74) is -1.85. The smallest absolute Gasteiger partial charge is 0.416 e. The first-order valence-corrected chi connectivity index (χ1v) is 11.4. The van der Waals surface area contributed by atoms with Crippen LogP contribution >= 0.6 is 0 Å². The van der Waals surface area contributed by atoms with E-state index >= 15 is 0 Å². The molecule has 2 aliphatic rings. The predicted molar refractivity (Wildman–Crippen MR) is 127 cm³/mol. The monoisotopic (exact) mass is 498 g/mol. The van der Waals surface area contributed by atoms with E-state index in [0.29, 0.717) is 22.6 Å². The highest BCUT2D eigenvalue weighted by molar-refractivity contribution is 5.70. The maximum Gasteiger partial charge on any atom is 0.416 e. The van der Waals surface area contributed by atoms with E-state index in [1.807, 2.05) is 32.1 Å². The van der Waals surface area contributed by atoms with Crippen molar-refractivity contribution >= 4 is 6.08 Å². The lowest BCUT2D eigenvalue weighted by molar-refractivity contribution is -0.138. The molecule has 0 saturated carbocycles. The average Bonchev–Trinajstić information content (AvgIpc) is 2.84. The van der Waals surface area contributed by atoms with Crippen LogP contribution in [0.25, 0.3) is 6.08 Å². The number of halogens is 3. The molecule has 0 saturated heterocycles. The van der Waals surface area contributed by atoms with Crippen LogP contribution in [0, 0.1) is 0 Å². The highest BCUT2D eigenvalue weighted by atomic mass is 19.4. The van der Waals surface area contributed by atoms with Crippen LogP contribution in [0.3, 0.4) is 0 Å². The molecule has 0 fully saturated rings. The highest BCUT2D eigenvalue weighted by Gasteiger charge is 2.47. The van der Waals surface area contributed by atoms with Crippen LogP contribution in [0.1, 0.15) is 47.8 Å². The Morgan fingerprint density at radius 3 is 2.53 bits per heavy atom. The summed E-state index contributed by atoms with van der Waals surface area (Å²) in [5, 5.41) is 22.9. The molecule has 0 radical (unpaired) electrons. The van der Waals surface area contributed by atoms with Gasteiger partial charge in [-0.3, -0.25) is 0 Å². The molecule has 36 heavy (non-hydrogen) atoms. The Balaban J connectivity index is 1.54. The third kappa shape index (κ3) is 4.31. The van der Waals surface area contributed by atoms with Gasteiger partial charge in [-0.1, -0.05) is 36.4 Å². The van der Waals surface area contributed by atoms with Gasteiger partial charge in [-0.25, -0.2) is 0 Å². The van der Waals surface area contributed by atoms with Crippen molar-refractivity contribution in [1.82, 2.24) is 0 Å². The van der Waals surface area contributed by atoms with E-state index in [4.69, 9.17) is 14.2 Å². The fourth-order valence-corrected chi connectivity index (χ4v) is 4.48. The molecule has 8 heteroatoms. The summed E-state index contributed by atoms with van der Waals surface area (Å²) in [6, 6.07) is 15.0. The van der Waals surface area contributed by atoms with Crippen molar-refractivity contribution < 1.29 is 37.6 Å². The van der Waals surface area contributed by atoms with Gasteiger partial charge in [0.15, 0.2) is 5.60 Å². The molecule has 3 aromatic rings. The summed E-state index contributed by atoms with van der Waals surface area (Å²) in [6.45, 7) is 3.38. The fourth-order valence-electron chi connectivity index (χ4n) is 4.48. The number of rotatable bonds is 4. The standard InChI is InChI=1S/C28H25F3O5/c1-26(2)13-12-19-22(36-26)11-9-20-24(19)35-16-27(33,25(20)32)21-10-8-18(28(29,30)31)14-23(21)34-15-17-6-4-3-5-7-17/h3-14,25,32-33H,15-16H2,1-2H3. The highest BCUT2D eigenvalue weighted by Crippen LogP contribution is 2.51. The topological polar surface area (TPSA) is 68.2 Å². The minimum Gasteiger partial charge on any atom is -0.489 e. The molecular formula is C28H25F3O5. The lowest BCUT2D eigenvalue weighted by Gasteiger charge is -2.40. The number of aliphatic hydroxyl groups is 2. The third-order valence-corrected chi connectivity index (χ3v) is 6.41. The molecule has 2 unspecified atom stereocenters. The molecular weight excluding hydrogens is 473 g/mol. The number of ether oxygens (including phenoxy) is 3. The quantitative estimate of drug-likeness (QED) is 0.477. The van der Waals surface area contributed by atoms with E-state index in [9.17, 15) is 23.4 Å². The SMILES string of the molecule is CC1(C)C=Cc2c(ccc3c2OCC(O)(c2ccc(C(F)(F)F)cc2OCc2ccccc2)C3O)O1. The molecule has 2 N–H and O–H groups in total. The molecule has 0 bridgehead atoms. The third-order valence-electron chi connectivity index (χ3n) is 6.41. The molecule has 2 atom stereocenters. The first-order valence-electron chi connectivity index (χ1n) is 11.4. The Kier molecular flexibility index (Phi) is 5.76. The van der Waals surface area contributed by atoms with Gasteiger partial charge in [-0.2, -0.15) is 13.2 Å². The molecule has 0 aliphatic carbocycles. The second-order valence-corrected chi connectivity index (χ2v) is 9.53. The maximum atomic E-state index is 13.5. The van der Waals surface area contributed by atoms with Crippen LogP contribution in [0.15, 0.2) is 66.7 Å². The zero-order chi connectivity index (χ0) is 25.7. The number of hydrogen-bond acceptors (Lipinski definition) is 5. The van der Waals surface area contributed by atoms with E-state index < -0.39 is 35.7 Å². The average molecular weight is 498 g/mol. The van der Waals surface area contributed by atoms with Gasteiger partial charge >= 0.3 is 6.18 Å². The Morgan fingerprint density at radius 2 is 1.81 bits per heavy atom. The Morgan fingerprint density at radius 1 is 1.06 bits per heavy atom. The lowest BCUT2D eigenvalue weighted by Crippen LogP contribution is -2.43. The molecule has 0 spiro atoms. The minimum absolute atomic E-state index is 0.00442. The minimum atomic E-state index is -4.61. The van der Waals surface area contributed by atoms with Gasteiger partial charge in [0.1, 0.15) is 42.2 Å². The zero-order valence-electron chi connectivity index (χ0n) is 19.7. The van der Waals surface area contributed by atoms with E-state index in [2.05, 4.69) is 0 Å². The molecule has 5 rings (SSSR count). The van der Waals surface area contributed by atoms with Crippen molar-refractivity contribution in [3.8, 4) is 17.2 Å². The van der Waals surface area contributed by atoms with Gasteiger partial charge in [0, 0.05) is 11.1 Å². The van der Waals surface area contributed by atoms with Gasteiger partial charge in [0.2, 0.25) is 0 Å². The Bertz CT molecular complexity index is 1320. The van der Waals surface area contributed by atoms with E-state index in [1.54, 1.807) is 36.4 Å². The van der Waals surface area contributed by atoms with Crippen molar-refractivity contribution in [1.29, 1.82) is 0 Å². The van der Waals surface area contributed by atoms with Gasteiger partial charge in [0.25, 0.3) is 0 Å². The number of benzene rings is 3. The summed E-state index contributed by atoms with van der Waals surface area (Å²) in [7, 11) is 0. The molecule has 5 nitrogen and oxygen atoms in total. The van der Waals surface area contributed by atoms with Gasteiger partial charge < -0.3 is 24.4 Å². The Labute approximate surface area is 206 Å². The largest absolute Gasteiger partial charge is 0.489 e. The van der Waals surface area contributed by atoms with Crippen molar-refractivity contribution in [2.24, 2.45) is 0 Å². The second kappa shape index (κ2) is 8.57. The molecule has 2 aliphatic heterocycles. The van der Waals surface area contributed by atoms with Gasteiger partial charge in [-0.05, 0) is 55.8 Å². The predicted octanol–water partition coefficient (Wildman–Crippen LogP) is 5.78. The second-order valence-electron chi connectivity index (χ2n) is 9.53. The maximum absolute atomic E-state index is 13.5. The van der Waals surface area contributed by atoms with Crippen LogP contribution < -0.4 is 14.2 Å². The lowest BCUT2D eigenvalue weighted by atomic mass is 9.81. The summed E-state index contributed by atoms with van der Waals surface area (Å²) in [4.78, 5) is 0. The van der Waals surface area contributed by atoms with Gasteiger partial charge in [0.05, 0.1) is 11.1 Å². The molecule has 3 aromatic carbocycles. The van der Waals surface area contributed by atoms with Gasteiger partial charge in [-0.15, -0.1) is 0 Å². The number of fused-ring (bicyclic) bond motifs is 3. The van der Waals surface area contributed by atoms with Crippen molar-refractivity contribution in [2.75, 3.05) is 6.61 Å². The summed E-state index contributed by atoms with van der Waals surface area (Å²) < 4.78 is 58.1. The number of alkyl halides is 3. The van der Waals surface area contributed by atoms with E-state index in [-0.39, 0.29) is 17.9 Å². The first kappa shape index (κ1) is 24.2. The van der Waals surface area contributed by atoms with Crippen LogP contribution in [-0.2, 0) is 18.4 Å². The zero-order valence-corrected chi connectivity index (χ0v) is 19.7. The van der Waals surface area contributed by atoms with Crippen molar-refractivity contribution in [2.45, 2.75) is 43.9 Å². The summed E-state index contributed by atoms with van der Waals surface area (Å²) in [6.07, 6.45) is -2.41. The number of aliphatic hydroxyl groups excluding tert-OH is 1. The van der Waals surface area contributed by atoms with Crippen molar-refractivity contribution in [3.63, 3.8) is 0 Å². The summed E-state index contributed by atoms with van der Waals surface area (Å²) in [5.74, 6) is 0.737. The van der Waals surface area contributed by atoms with Crippen LogP contribution in [0.5, 0.6) is 17.2 Å². The first-order chi connectivity index (χ1) is 17.0. The molecule has 0 amide bonds. The normalized spacial score (nSPS) is 22.1. The van der Waals surface area contributed by atoms with Crippen LogP contribution in [0.2, 0.25) is 0 Å². The van der Waals surface area contributed by atoms with Crippen molar-refractivity contribution in [3.05, 3.63) is 94.6 Å². The number of hydrogen-bond donors (Lipinski definition) is 2.